The normalized spacial score (nSPS) is 18.8. The molecule has 18 heavy (non-hydrogen) atoms. The van der Waals surface area contributed by atoms with Crippen molar-refractivity contribution in [1.82, 2.24) is 0 Å². The molecule has 1 saturated carbocycles. The van der Waals surface area contributed by atoms with Crippen LogP contribution in [0.5, 0.6) is 0 Å². The summed E-state index contributed by atoms with van der Waals surface area (Å²) in [5.74, 6) is 0.944. The Morgan fingerprint density at radius 2 is 2.00 bits per heavy atom. The van der Waals surface area contributed by atoms with Gasteiger partial charge in [0.1, 0.15) is 6.10 Å². The second kappa shape index (κ2) is 7.08. The molecule has 2 nitrogen and oxygen atoms in total. The molecular formula is C16H28O2. The number of hydrogen-bond donors (Lipinski definition) is 0. The second-order valence-corrected chi connectivity index (χ2v) is 6.70. The fourth-order valence-corrected chi connectivity index (χ4v) is 2.66. The number of hydrogen-bond acceptors (Lipinski definition) is 2. The van der Waals surface area contributed by atoms with Crippen LogP contribution in [0.25, 0.3) is 0 Å². The van der Waals surface area contributed by atoms with Crippen LogP contribution in [0, 0.1) is 11.3 Å². The van der Waals surface area contributed by atoms with Crippen LogP contribution in [-0.4, -0.2) is 18.5 Å². The third-order valence-electron chi connectivity index (χ3n) is 3.50. The number of carbonyl (C=O) groups is 1. The molecule has 0 amide bonds. The second-order valence-electron chi connectivity index (χ2n) is 6.70. The lowest BCUT2D eigenvalue weighted by Crippen LogP contribution is -2.30. The van der Waals surface area contributed by atoms with Gasteiger partial charge in [-0.15, -0.1) is 6.58 Å². The van der Waals surface area contributed by atoms with Crippen LogP contribution in [0.1, 0.15) is 59.3 Å². The molecular weight excluding hydrogens is 224 g/mol. The Bertz CT molecular complexity index is 269. The fourth-order valence-electron chi connectivity index (χ4n) is 2.66. The number of rotatable bonds is 7. The molecule has 104 valence electrons. The van der Waals surface area contributed by atoms with Crippen LogP contribution >= 0.6 is 0 Å². The van der Waals surface area contributed by atoms with Crippen LogP contribution in [0.4, 0.5) is 0 Å². The average Bonchev–Trinajstić information content (AvgIpc) is 2.74. The van der Waals surface area contributed by atoms with E-state index in [0.29, 0.717) is 18.9 Å². The van der Waals surface area contributed by atoms with Crippen molar-refractivity contribution >= 4 is 5.78 Å². The molecule has 1 aliphatic carbocycles. The van der Waals surface area contributed by atoms with Gasteiger partial charge in [0.15, 0.2) is 5.78 Å². The Morgan fingerprint density at radius 1 is 1.39 bits per heavy atom. The lowest BCUT2D eigenvalue weighted by atomic mass is 9.86. The first-order chi connectivity index (χ1) is 8.42. The van der Waals surface area contributed by atoms with E-state index in [-0.39, 0.29) is 17.3 Å². The highest BCUT2D eigenvalue weighted by Gasteiger charge is 2.28. The summed E-state index contributed by atoms with van der Waals surface area (Å²) in [5, 5.41) is 0. The molecule has 0 spiro atoms. The molecule has 0 aliphatic heterocycles. The van der Waals surface area contributed by atoms with Crippen molar-refractivity contribution in [3.05, 3.63) is 12.7 Å². The Hall–Kier alpha value is -0.630. The van der Waals surface area contributed by atoms with Gasteiger partial charge >= 0.3 is 0 Å². The summed E-state index contributed by atoms with van der Waals surface area (Å²) in [7, 11) is 0. The van der Waals surface area contributed by atoms with Crippen LogP contribution in [-0.2, 0) is 9.53 Å². The smallest absolute Gasteiger partial charge is 0.162 e. The maximum atomic E-state index is 12.3. The zero-order chi connectivity index (χ0) is 13.6. The molecule has 0 saturated heterocycles. The SMILES string of the molecule is C=CCOC(CC1CCCC1)C(=O)CC(C)(C)C. The molecule has 0 N–H and O–H groups in total. The van der Waals surface area contributed by atoms with Gasteiger partial charge in [0.2, 0.25) is 0 Å². The van der Waals surface area contributed by atoms with Crippen LogP contribution in [0.2, 0.25) is 0 Å². The predicted octanol–water partition coefficient (Wildman–Crippen LogP) is 4.14. The van der Waals surface area contributed by atoms with Crippen molar-refractivity contribution in [2.24, 2.45) is 11.3 Å². The molecule has 1 rings (SSSR count). The van der Waals surface area contributed by atoms with Gasteiger partial charge in [0, 0.05) is 6.42 Å². The summed E-state index contributed by atoms with van der Waals surface area (Å²) >= 11 is 0. The summed E-state index contributed by atoms with van der Waals surface area (Å²) < 4.78 is 5.69. The topological polar surface area (TPSA) is 26.3 Å². The van der Waals surface area contributed by atoms with E-state index >= 15 is 0 Å². The Kier molecular flexibility index (Phi) is 6.07. The van der Waals surface area contributed by atoms with Gasteiger partial charge in [-0.3, -0.25) is 4.79 Å². The lowest BCUT2D eigenvalue weighted by Gasteiger charge is -2.24. The van der Waals surface area contributed by atoms with Gasteiger partial charge in [0.05, 0.1) is 6.61 Å². The highest BCUT2D eigenvalue weighted by atomic mass is 16.5. The highest BCUT2D eigenvalue weighted by molar-refractivity contribution is 5.83. The van der Waals surface area contributed by atoms with E-state index in [4.69, 9.17) is 4.74 Å². The largest absolute Gasteiger partial charge is 0.366 e. The molecule has 0 radical (unpaired) electrons. The van der Waals surface area contributed by atoms with E-state index < -0.39 is 0 Å². The van der Waals surface area contributed by atoms with E-state index in [1.54, 1.807) is 6.08 Å². The van der Waals surface area contributed by atoms with Crippen molar-refractivity contribution in [1.29, 1.82) is 0 Å². The van der Waals surface area contributed by atoms with Crippen LogP contribution < -0.4 is 0 Å². The Labute approximate surface area is 112 Å². The van der Waals surface area contributed by atoms with E-state index in [9.17, 15) is 4.79 Å². The Balaban J connectivity index is 2.52. The van der Waals surface area contributed by atoms with Gasteiger partial charge < -0.3 is 4.74 Å². The van der Waals surface area contributed by atoms with Crippen molar-refractivity contribution in [3.8, 4) is 0 Å². The van der Waals surface area contributed by atoms with Crippen molar-refractivity contribution in [3.63, 3.8) is 0 Å². The predicted molar refractivity (Wildman–Crippen MR) is 75.6 cm³/mol. The molecule has 1 unspecified atom stereocenters. The minimum Gasteiger partial charge on any atom is -0.366 e. The van der Waals surface area contributed by atoms with Crippen LogP contribution in [0.15, 0.2) is 12.7 Å². The van der Waals surface area contributed by atoms with E-state index in [1.165, 1.54) is 25.7 Å². The first-order valence-electron chi connectivity index (χ1n) is 7.17. The summed E-state index contributed by atoms with van der Waals surface area (Å²) in [6.45, 7) is 10.4. The zero-order valence-electron chi connectivity index (χ0n) is 12.2. The molecule has 1 aliphatic rings. The van der Waals surface area contributed by atoms with Crippen molar-refractivity contribution < 1.29 is 9.53 Å². The van der Waals surface area contributed by atoms with Gasteiger partial charge in [-0.25, -0.2) is 0 Å². The molecule has 0 bridgehead atoms. The molecule has 1 fully saturated rings. The number of ether oxygens (including phenoxy) is 1. The van der Waals surface area contributed by atoms with Crippen molar-refractivity contribution in [2.45, 2.75) is 65.4 Å². The number of carbonyl (C=O) groups excluding carboxylic acids is 1. The first kappa shape index (κ1) is 15.4. The van der Waals surface area contributed by atoms with E-state index in [2.05, 4.69) is 27.4 Å². The molecule has 1 atom stereocenters. The van der Waals surface area contributed by atoms with Crippen molar-refractivity contribution in [2.75, 3.05) is 6.61 Å². The zero-order valence-corrected chi connectivity index (χ0v) is 12.2. The third kappa shape index (κ3) is 5.81. The van der Waals surface area contributed by atoms with Crippen LogP contribution in [0.3, 0.4) is 0 Å². The minimum atomic E-state index is -0.217. The van der Waals surface area contributed by atoms with E-state index in [1.807, 2.05) is 0 Å². The third-order valence-corrected chi connectivity index (χ3v) is 3.50. The Morgan fingerprint density at radius 3 is 2.50 bits per heavy atom. The lowest BCUT2D eigenvalue weighted by molar-refractivity contribution is -0.132. The maximum absolute atomic E-state index is 12.3. The monoisotopic (exact) mass is 252 g/mol. The molecule has 0 aromatic carbocycles. The first-order valence-corrected chi connectivity index (χ1v) is 7.17. The van der Waals surface area contributed by atoms with Gasteiger partial charge in [-0.05, 0) is 17.8 Å². The molecule has 0 heterocycles. The highest BCUT2D eigenvalue weighted by Crippen LogP contribution is 2.31. The summed E-state index contributed by atoms with van der Waals surface area (Å²) in [4.78, 5) is 12.3. The summed E-state index contributed by atoms with van der Waals surface area (Å²) in [6.07, 6.45) is 8.16. The number of ketones is 1. The molecule has 0 aromatic heterocycles. The van der Waals surface area contributed by atoms with Gasteiger partial charge in [-0.1, -0.05) is 52.5 Å². The minimum absolute atomic E-state index is 0.0442. The van der Waals surface area contributed by atoms with Gasteiger partial charge in [-0.2, -0.15) is 0 Å². The average molecular weight is 252 g/mol. The molecule has 0 aromatic rings. The quantitative estimate of drug-likeness (QED) is 0.636. The summed E-state index contributed by atoms with van der Waals surface area (Å²) in [5.41, 5.74) is 0.0442. The fraction of sp³-hybridized carbons (Fsp3) is 0.812. The van der Waals surface area contributed by atoms with Gasteiger partial charge in [0.25, 0.3) is 0 Å². The maximum Gasteiger partial charge on any atom is 0.162 e. The molecule has 2 heteroatoms. The summed E-state index contributed by atoms with van der Waals surface area (Å²) in [6, 6.07) is 0. The standard InChI is InChI=1S/C16H28O2/c1-5-10-18-15(11-13-8-6-7-9-13)14(17)12-16(2,3)4/h5,13,15H,1,6-12H2,2-4H3. The van der Waals surface area contributed by atoms with E-state index in [0.717, 1.165) is 6.42 Å². The number of Topliss-reactive ketones (excluding diaryl/α,β-unsaturated/α-hetero) is 1.